The Morgan fingerprint density at radius 1 is 1.54 bits per heavy atom. The van der Waals surface area contributed by atoms with Crippen molar-refractivity contribution in [2.75, 3.05) is 0 Å². The van der Waals surface area contributed by atoms with Crippen molar-refractivity contribution in [2.45, 2.75) is 6.04 Å². The first-order valence-electron chi connectivity index (χ1n) is 3.32. The maximum Gasteiger partial charge on any atom is 0.326 e. The molecule has 0 aliphatic heterocycles. The van der Waals surface area contributed by atoms with Crippen LogP contribution >= 0.6 is 23.2 Å². The number of nitrogens with zero attached hydrogens (tertiary/aromatic N) is 1. The molecule has 6 heteroatoms. The largest absolute Gasteiger partial charge is 0.480 e. The maximum absolute atomic E-state index is 10.5. The Labute approximate surface area is 84.3 Å². The molecule has 0 radical (unpaired) electrons. The summed E-state index contributed by atoms with van der Waals surface area (Å²) in [6.07, 6.45) is 0. The van der Waals surface area contributed by atoms with Crippen LogP contribution in [-0.2, 0) is 4.79 Å². The second-order valence-corrected chi connectivity index (χ2v) is 3.11. The molecule has 0 saturated carbocycles. The number of carboxylic acid groups (broad SMARTS) is 1. The lowest BCUT2D eigenvalue weighted by Crippen LogP contribution is -2.22. The van der Waals surface area contributed by atoms with Gasteiger partial charge in [0.05, 0.1) is 10.7 Å². The fourth-order valence-corrected chi connectivity index (χ4v) is 1.14. The highest BCUT2D eigenvalue weighted by Crippen LogP contribution is 2.21. The number of carboxylic acids is 1. The minimum Gasteiger partial charge on any atom is -0.480 e. The van der Waals surface area contributed by atoms with Crippen molar-refractivity contribution >= 4 is 29.2 Å². The fourth-order valence-electron chi connectivity index (χ4n) is 0.768. The molecular weight excluding hydrogens is 215 g/mol. The minimum atomic E-state index is -1.24. The van der Waals surface area contributed by atoms with Gasteiger partial charge in [-0.25, -0.2) is 4.98 Å². The van der Waals surface area contributed by atoms with Gasteiger partial charge in [-0.1, -0.05) is 23.2 Å². The van der Waals surface area contributed by atoms with E-state index < -0.39 is 12.0 Å². The number of pyridine rings is 1. The number of aliphatic carboxylic acids is 1. The predicted molar refractivity (Wildman–Crippen MR) is 48.8 cm³/mol. The third-order valence-corrected chi connectivity index (χ3v) is 1.93. The summed E-state index contributed by atoms with van der Waals surface area (Å²) in [5.74, 6) is -1.20. The molecule has 1 rings (SSSR count). The fraction of sp³-hybridized carbons (Fsp3) is 0.143. The van der Waals surface area contributed by atoms with Crippen molar-refractivity contribution in [3.05, 3.63) is 28.0 Å². The van der Waals surface area contributed by atoms with Crippen LogP contribution in [0.2, 0.25) is 10.2 Å². The molecule has 1 unspecified atom stereocenters. The van der Waals surface area contributed by atoms with Gasteiger partial charge in [-0.05, 0) is 12.1 Å². The van der Waals surface area contributed by atoms with Crippen LogP contribution in [0.15, 0.2) is 12.1 Å². The number of aromatic nitrogens is 1. The van der Waals surface area contributed by atoms with Crippen molar-refractivity contribution in [2.24, 2.45) is 5.73 Å². The number of carbonyl (C=O) groups is 1. The topological polar surface area (TPSA) is 76.2 Å². The van der Waals surface area contributed by atoms with Crippen molar-refractivity contribution in [1.29, 1.82) is 0 Å². The zero-order valence-electron chi connectivity index (χ0n) is 6.37. The van der Waals surface area contributed by atoms with E-state index in [9.17, 15) is 4.79 Å². The standard InChI is InChI=1S/C7H6Cl2N2O2/c8-3-1-2-4(9)11-6(3)5(10)7(12)13/h1-2,5H,10H2,(H,12,13). The summed E-state index contributed by atoms with van der Waals surface area (Å²) < 4.78 is 0. The van der Waals surface area contributed by atoms with Gasteiger partial charge < -0.3 is 10.8 Å². The van der Waals surface area contributed by atoms with E-state index >= 15 is 0 Å². The average Bonchev–Trinajstić information content (AvgIpc) is 2.08. The second-order valence-electron chi connectivity index (χ2n) is 2.32. The summed E-state index contributed by atoms with van der Waals surface area (Å²) in [7, 11) is 0. The summed E-state index contributed by atoms with van der Waals surface area (Å²) in [6.45, 7) is 0. The molecule has 0 aliphatic rings. The molecule has 0 fully saturated rings. The number of rotatable bonds is 2. The molecule has 1 atom stereocenters. The third-order valence-electron chi connectivity index (χ3n) is 1.40. The lowest BCUT2D eigenvalue weighted by molar-refractivity contribution is -0.138. The quantitative estimate of drug-likeness (QED) is 0.741. The second kappa shape index (κ2) is 3.91. The van der Waals surface area contributed by atoms with Gasteiger partial charge in [0.2, 0.25) is 0 Å². The Hall–Kier alpha value is -0.840. The normalized spacial score (nSPS) is 12.5. The molecule has 0 spiro atoms. The molecular formula is C7H6Cl2N2O2. The Morgan fingerprint density at radius 3 is 2.69 bits per heavy atom. The molecule has 0 amide bonds. The van der Waals surface area contributed by atoms with E-state index in [2.05, 4.69) is 4.98 Å². The summed E-state index contributed by atoms with van der Waals surface area (Å²) in [5.41, 5.74) is 5.37. The first-order valence-corrected chi connectivity index (χ1v) is 4.08. The predicted octanol–water partition coefficient (Wildman–Crippen LogP) is 1.47. The zero-order chi connectivity index (χ0) is 10.0. The summed E-state index contributed by atoms with van der Waals surface area (Å²) in [6, 6.07) is 1.67. The van der Waals surface area contributed by atoms with Gasteiger partial charge in [0.25, 0.3) is 0 Å². The Morgan fingerprint density at radius 2 is 2.15 bits per heavy atom. The van der Waals surface area contributed by atoms with Crippen molar-refractivity contribution < 1.29 is 9.90 Å². The van der Waals surface area contributed by atoms with Crippen LogP contribution in [0.1, 0.15) is 11.7 Å². The number of hydrogen-bond donors (Lipinski definition) is 2. The molecule has 0 saturated heterocycles. The highest BCUT2D eigenvalue weighted by atomic mass is 35.5. The van der Waals surface area contributed by atoms with Crippen LogP contribution in [-0.4, -0.2) is 16.1 Å². The molecule has 70 valence electrons. The van der Waals surface area contributed by atoms with Crippen molar-refractivity contribution in [3.8, 4) is 0 Å². The van der Waals surface area contributed by atoms with Gasteiger partial charge in [-0.3, -0.25) is 4.79 Å². The number of halogens is 2. The molecule has 1 aromatic heterocycles. The van der Waals surface area contributed by atoms with Crippen LogP contribution in [0.25, 0.3) is 0 Å². The molecule has 0 aromatic carbocycles. The Balaban J connectivity index is 3.12. The lowest BCUT2D eigenvalue weighted by atomic mass is 10.2. The zero-order valence-corrected chi connectivity index (χ0v) is 7.88. The molecule has 0 aliphatic carbocycles. The van der Waals surface area contributed by atoms with Gasteiger partial charge in [0.15, 0.2) is 0 Å². The van der Waals surface area contributed by atoms with Crippen LogP contribution in [0.4, 0.5) is 0 Å². The summed E-state index contributed by atoms with van der Waals surface area (Å²) in [4.78, 5) is 14.2. The van der Waals surface area contributed by atoms with E-state index in [1.807, 2.05) is 0 Å². The monoisotopic (exact) mass is 220 g/mol. The molecule has 1 aromatic rings. The van der Waals surface area contributed by atoms with E-state index in [-0.39, 0.29) is 15.9 Å². The average molecular weight is 221 g/mol. The van der Waals surface area contributed by atoms with Crippen LogP contribution in [0.5, 0.6) is 0 Å². The van der Waals surface area contributed by atoms with Crippen LogP contribution < -0.4 is 5.73 Å². The Bertz CT molecular complexity index is 343. The third kappa shape index (κ3) is 2.30. The molecule has 3 N–H and O–H groups in total. The smallest absolute Gasteiger partial charge is 0.326 e. The first kappa shape index (κ1) is 10.2. The van der Waals surface area contributed by atoms with Crippen LogP contribution in [0, 0.1) is 0 Å². The highest BCUT2D eigenvalue weighted by Gasteiger charge is 2.19. The van der Waals surface area contributed by atoms with E-state index in [0.29, 0.717) is 0 Å². The van der Waals surface area contributed by atoms with Gasteiger partial charge in [0, 0.05) is 0 Å². The maximum atomic E-state index is 10.5. The molecule has 0 bridgehead atoms. The van der Waals surface area contributed by atoms with E-state index in [1.165, 1.54) is 12.1 Å². The van der Waals surface area contributed by atoms with Gasteiger partial charge in [-0.15, -0.1) is 0 Å². The van der Waals surface area contributed by atoms with E-state index in [4.69, 9.17) is 34.0 Å². The minimum absolute atomic E-state index is 0.0710. The molecule has 4 nitrogen and oxygen atoms in total. The summed E-state index contributed by atoms with van der Waals surface area (Å²) in [5, 5.41) is 8.94. The SMILES string of the molecule is NC(C(=O)O)c1nc(Cl)ccc1Cl. The highest BCUT2D eigenvalue weighted by molar-refractivity contribution is 6.32. The van der Waals surface area contributed by atoms with Gasteiger partial charge >= 0.3 is 5.97 Å². The summed E-state index contributed by atoms with van der Waals surface area (Å²) >= 11 is 11.2. The van der Waals surface area contributed by atoms with Gasteiger partial charge in [-0.2, -0.15) is 0 Å². The first-order chi connectivity index (χ1) is 6.02. The van der Waals surface area contributed by atoms with Crippen LogP contribution in [0.3, 0.4) is 0 Å². The van der Waals surface area contributed by atoms with Crippen molar-refractivity contribution in [3.63, 3.8) is 0 Å². The lowest BCUT2D eigenvalue weighted by Gasteiger charge is -2.07. The molecule has 13 heavy (non-hydrogen) atoms. The molecule has 1 heterocycles. The van der Waals surface area contributed by atoms with E-state index in [0.717, 1.165) is 0 Å². The number of hydrogen-bond acceptors (Lipinski definition) is 3. The number of nitrogens with two attached hydrogens (primary N) is 1. The van der Waals surface area contributed by atoms with Crippen molar-refractivity contribution in [1.82, 2.24) is 4.98 Å². The van der Waals surface area contributed by atoms with Gasteiger partial charge in [0.1, 0.15) is 11.2 Å². The van der Waals surface area contributed by atoms with E-state index in [1.54, 1.807) is 0 Å². The Kier molecular flexibility index (Phi) is 3.08.